The highest BCUT2D eigenvalue weighted by Crippen LogP contribution is 2.15. The van der Waals surface area contributed by atoms with Gasteiger partial charge in [0.1, 0.15) is 0 Å². The third-order valence-electron chi connectivity index (χ3n) is 2.43. The Morgan fingerprint density at radius 2 is 1.95 bits per heavy atom. The smallest absolute Gasteiger partial charge is 0.248 e. The molecule has 0 aromatic heterocycles. The van der Waals surface area contributed by atoms with Crippen molar-refractivity contribution in [3.05, 3.63) is 64.6 Å². The molecule has 96 valence electrons. The van der Waals surface area contributed by atoms with Crippen LogP contribution in [0.25, 0.3) is 6.08 Å². The molecule has 0 aliphatic heterocycles. The molecular formula is C15H13BrN2O. The number of hydrogen-bond donors (Lipinski definition) is 2. The topological polar surface area (TPSA) is 55.1 Å². The van der Waals surface area contributed by atoms with Crippen LogP contribution in [0, 0.1) is 0 Å². The second-order valence-electron chi connectivity index (χ2n) is 4.00. The molecule has 0 atom stereocenters. The number of carbonyl (C=O) groups is 1. The standard InChI is InChI=1S/C15H13BrN2O/c16-12-4-2-6-14(10-12)18-15(19)8-7-11-3-1-5-13(17)9-11/h1-10H,17H2,(H,18,19)/b8-7+. The van der Waals surface area contributed by atoms with Crippen LogP contribution in [0.4, 0.5) is 11.4 Å². The number of benzene rings is 2. The van der Waals surface area contributed by atoms with E-state index in [1.165, 1.54) is 6.08 Å². The lowest BCUT2D eigenvalue weighted by atomic mass is 10.2. The first-order valence-electron chi connectivity index (χ1n) is 5.74. The average molecular weight is 317 g/mol. The first-order valence-corrected chi connectivity index (χ1v) is 6.53. The summed E-state index contributed by atoms with van der Waals surface area (Å²) in [5.74, 6) is -0.180. The minimum Gasteiger partial charge on any atom is -0.399 e. The van der Waals surface area contributed by atoms with Crippen LogP contribution in [0.2, 0.25) is 0 Å². The maximum atomic E-state index is 11.7. The molecule has 0 unspecified atom stereocenters. The van der Waals surface area contributed by atoms with Crippen LogP contribution in [0.3, 0.4) is 0 Å². The molecule has 0 spiro atoms. The summed E-state index contributed by atoms with van der Waals surface area (Å²) in [5.41, 5.74) is 7.98. The van der Waals surface area contributed by atoms with Crippen molar-refractivity contribution in [2.24, 2.45) is 0 Å². The molecule has 0 saturated carbocycles. The van der Waals surface area contributed by atoms with Crippen molar-refractivity contribution in [2.45, 2.75) is 0 Å². The maximum Gasteiger partial charge on any atom is 0.248 e. The fourth-order valence-electron chi connectivity index (χ4n) is 1.58. The Kier molecular flexibility index (Phi) is 4.36. The Labute approximate surface area is 120 Å². The molecule has 2 aromatic carbocycles. The molecule has 2 rings (SSSR count). The predicted molar refractivity (Wildman–Crippen MR) is 82.7 cm³/mol. The first kappa shape index (κ1) is 13.4. The van der Waals surface area contributed by atoms with E-state index in [2.05, 4.69) is 21.2 Å². The minimum atomic E-state index is -0.180. The number of nitrogens with two attached hydrogens (primary N) is 1. The van der Waals surface area contributed by atoms with Crippen LogP contribution in [0.5, 0.6) is 0 Å². The Morgan fingerprint density at radius 3 is 2.68 bits per heavy atom. The van der Waals surface area contributed by atoms with Gasteiger partial charge in [0.2, 0.25) is 5.91 Å². The lowest BCUT2D eigenvalue weighted by Gasteiger charge is -2.02. The molecule has 2 aromatic rings. The summed E-state index contributed by atoms with van der Waals surface area (Å²) in [6.45, 7) is 0. The van der Waals surface area contributed by atoms with E-state index in [0.717, 1.165) is 15.7 Å². The molecule has 0 heterocycles. The van der Waals surface area contributed by atoms with E-state index in [0.29, 0.717) is 5.69 Å². The van der Waals surface area contributed by atoms with Crippen molar-refractivity contribution in [1.29, 1.82) is 0 Å². The van der Waals surface area contributed by atoms with Crippen LogP contribution in [-0.4, -0.2) is 5.91 Å². The third kappa shape index (κ3) is 4.26. The number of rotatable bonds is 3. The first-order chi connectivity index (χ1) is 9.13. The Hall–Kier alpha value is -2.07. The molecule has 0 bridgehead atoms. The zero-order valence-electron chi connectivity index (χ0n) is 10.1. The monoisotopic (exact) mass is 316 g/mol. The third-order valence-corrected chi connectivity index (χ3v) is 2.92. The number of anilines is 2. The number of amides is 1. The van der Waals surface area contributed by atoms with E-state index >= 15 is 0 Å². The number of carbonyl (C=O) groups excluding carboxylic acids is 1. The van der Waals surface area contributed by atoms with Crippen molar-refractivity contribution in [2.75, 3.05) is 11.1 Å². The fourth-order valence-corrected chi connectivity index (χ4v) is 1.98. The summed E-state index contributed by atoms with van der Waals surface area (Å²) in [6.07, 6.45) is 3.21. The summed E-state index contributed by atoms with van der Waals surface area (Å²) < 4.78 is 0.921. The van der Waals surface area contributed by atoms with Gasteiger partial charge in [0.15, 0.2) is 0 Å². The van der Waals surface area contributed by atoms with Gasteiger partial charge in [0, 0.05) is 21.9 Å². The van der Waals surface area contributed by atoms with Crippen molar-refractivity contribution in [3.63, 3.8) is 0 Å². The molecule has 0 saturated heterocycles. The number of nitrogens with one attached hydrogen (secondary N) is 1. The van der Waals surface area contributed by atoms with E-state index in [1.54, 1.807) is 12.1 Å². The predicted octanol–water partition coefficient (Wildman–Crippen LogP) is 3.68. The molecule has 0 aliphatic rings. The largest absolute Gasteiger partial charge is 0.399 e. The molecule has 0 radical (unpaired) electrons. The average Bonchev–Trinajstić information content (AvgIpc) is 2.36. The molecule has 3 N–H and O–H groups in total. The van der Waals surface area contributed by atoms with Gasteiger partial charge in [0.25, 0.3) is 0 Å². The highest BCUT2D eigenvalue weighted by Gasteiger charge is 1.98. The zero-order valence-corrected chi connectivity index (χ0v) is 11.7. The van der Waals surface area contributed by atoms with E-state index in [-0.39, 0.29) is 5.91 Å². The lowest BCUT2D eigenvalue weighted by molar-refractivity contribution is -0.111. The molecule has 19 heavy (non-hydrogen) atoms. The molecule has 3 nitrogen and oxygen atoms in total. The van der Waals surface area contributed by atoms with Crippen LogP contribution >= 0.6 is 15.9 Å². The summed E-state index contributed by atoms with van der Waals surface area (Å²) in [6, 6.07) is 14.8. The summed E-state index contributed by atoms with van der Waals surface area (Å²) >= 11 is 3.35. The summed E-state index contributed by atoms with van der Waals surface area (Å²) in [5, 5.41) is 2.78. The van der Waals surface area contributed by atoms with Gasteiger partial charge in [0.05, 0.1) is 0 Å². The second-order valence-corrected chi connectivity index (χ2v) is 4.92. The van der Waals surface area contributed by atoms with Crippen molar-refractivity contribution < 1.29 is 4.79 Å². The SMILES string of the molecule is Nc1cccc(/C=C/C(=O)Nc2cccc(Br)c2)c1. The van der Waals surface area contributed by atoms with Gasteiger partial charge in [-0.25, -0.2) is 0 Å². The Balaban J connectivity index is 2.01. The second kappa shape index (κ2) is 6.20. The quantitative estimate of drug-likeness (QED) is 0.670. The highest BCUT2D eigenvalue weighted by molar-refractivity contribution is 9.10. The Morgan fingerprint density at radius 1 is 1.16 bits per heavy atom. The van der Waals surface area contributed by atoms with E-state index in [9.17, 15) is 4.79 Å². The molecule has 0 fully saturated rings. The number of hydrogen-bond acceptors (Lipinski definition) is 2. The Bertz CT molecular complexity index is 623. The molecule has 4 heteroatoms. The van der Waals surface area contributed by atoms with Crippen LogP contribution in [0.15, 0.2) is 59.1 Å². The highest BCUT2D eigenvalue weighted by atomic mass is 79.9. The summed E-state index contributed by atoms with van der Waals surface area (Å²) in [4.78, 5) is 11.7. The van der Waals surface area contributed by atoms with Gasteiger partial charge in [-0.05, 0) is 42.0 Å². The summed E-state index contributed by atoms with van der Waals surface area (Å²) in [7, 11) is 0. The lowest BCUT2D eigenvalue weighted by Crippen LogP contribution is -2.07. The van der Waals surface area contributed by atoms with Crippen molar-refractivity contribution in [3.8, 4) is 0 Å². The van der Waals surface area contributed by atoms with E-state index < -0.39 is 0 Å². The van der Waals surface area contributed by atoms with Crippen molar-refractivity contribution >= 4 is 39.3 Å². The van der Waals surface area contributed by atoms with Crippen LogP contribution < -0.4 is 11.1 Å². The van der Waals surface area contributed by atoms with Crippen molar-refractivity contribution in [1.82, 2.24) is 0 Å². The molecule has 1 amide bonds. The van der Waals surface area contributed by atoms with Gasteiger partial charge in [-0.3, -0.25) is 4.79 Å². The van der Waals surface area contributed by atoms with E-state index in [4.69, 9.17) is 5.73 Å². The number of halogens is 1. The van der Waals surface area contributed by atoms with Gasteiger partial charge >= 0.3 is 0 Å². The van der Waals surface area contributed by atoms with Crippen LogP contribution in [0.1, 0.15) is 5.56 Å². The van der Waals surface area contributed by atoms with Gasteiger partial charge in [-0.1, -0.05) is 34.1 Å². The minimum absolute atomic E-state index is 0.180. The number of nitrogen functional groups attached to an aromatic ring is 1. The normalized spacial score (nSPS) is 10.6. The van der Waals surface area contributed by atoms with Crippen LogP contribution in [-0.2, 0) is 4.79 Å². The van der Waals surface area contributed by atoms with Gasteiger partial charge in [-0.15, -0.1) is 0 Å². The maximum absolute atomic E-state index is 11.7. The van der Waals surface area contributed by atoms with Gasteiger partial charge < -0.3 is 11.1 Å². The fraction of sp³-hybridized carbons (Fsp3) is 0. The zero-order chi connectivity index (χ0) is 13.7. The van der Waals surface area contributed by atoms with Gasteiger partial charge in [-0.2, -0.15) is 0 Å². The molecular weight excluding hydrogens is 304 g/mol. The molecule has 0 aliphatic carbocycles. The van der Waals surface area contributed by atoms with E-state index in [1.807, 2.05) is 42.5 Å².